The molecule has 0 aliphatic carbocycles. The molecule has 0 bridgehead atoms. The average Bonchev–Trinajstić information content (AvgIpc) is 2.75. The lowest BCUT2D eigenvalue weighted by molar-refractivity contribution is 0.761. The van der Waals surface area contributed by atoms with Crippen molar-refractivity contribution in [1.29, 1.82) is 0 Å². The summed E-state index contributed by atoms with van der Waals surface area (Å²) in [6.07, 6.45) is 3.76. The maximum absolute atomic E-state index is 6.21. The molecule has 0 unspecified atom stereocenters. The van der Waals surface area contributed by atoms with Gasteiger partial charge in [-0.25, -0.2) is 4.98 Å². The first-order chi connectivity index (χ1) is 8.61. The third kappa shape index (κ3) is 2.87. The van der Waals surface area contributed by atoms with Gasteiger partial charge in [0.05, 0.1) is 6.54 Å². The molecule has 0 saturated carbocycles. The number of benzene rings is 1. The van der Waals surface area contributed by atoms with Crippen LogP contribution in [-0.2, 0) is 18.9 Å². The van der Waals surface area contributed by atoms with E-state index in [1.807, 2.05) is 43.2 Å². The molecule has 0 fully saturated rings. The summed E-state index contributed by atoms with van der Waals surface area (Å²) < 4.78 is 2.02. The van der Waals surface area contributed by atoms with Crippen LogP contribution in [0.25, 0.3) is 0 Å². The van der Waals surface area contributed by atoms with Crippen LogP contribution in [0.1, 0.15) is 11.4 Å². The molecule has 1 heterocycles. The lowest BCUT2D eigenvalue weighted by atomic mass is 10.2. The molecule has 1 aromatic heterocycles. The number of aromatic nitrogens is 2. The smallest absolute Gasteiger partial charge is 0.127 e. The van der Waals surface area contributed by atoms with Gasteiger partial charge in [0.25, 0.3) is 0 Å². The topological polar surface area (TPSA) is 21.1 Å². The molecule has 0 spiro atoms. The Kier molecular flexibility index (Phi) is 4.30. The fourth-order valence-electron chi connectivity index (χ4n) is 1.73. The first-order valence-corrected chi connectivity index (χ1v) is 7.13. The van der Waals surface area contributed by atoms with Gasteiger partial charge in [-0.15, -0.1) is 0 Å². The summed E-state index contributed by atoms with van der Waals surface area (Å²) >= 11 is 9.63. The summed E-state index contributed by atoms with van der Waals surface area (Å²) in [5.74, 6) is 1.03. The van der Waals surface area contributed by atoms with Crippen molar-refractivity contribution in [3.05, 3.63) is 47.0 Å². The molecule has 0 saturated heterocycles. The van der Waals surface area contributed by atoms with Crippen molar-refractivity contribution in [2.75, 3.05) is 11.9 Å². The third-order valence-corrected chi connectivity index (χ3v) is 3.88. The maximum Gasteiger partial charge on any atom is 0.127 e. The second-order valence-corrected chi connectivity index (χ2v) is 5.19. The Morgan fingerprint density at radius 2 is 2.22 bits per heavy atom. The number of hydrogen-bond donors (Lipinski definition) is 0. The number of imidazole rings is 1. The number of halogens is 2. The van der Waals surface area contributed by atoms with Gasteiger partial charge in [0.1, 0.15) is 5.82 Å². The van der Waals surface area contributed by atoms with Gasteiger partial charge in [0.15, 0.2) is 0 Å². The van der Waals surface area contributed by atoms with Crippen LogP contribution in [0.2, 0.25) is 5.02 Å². The number of alkyl halides is 1. The highest BCUT2D eigenvalue weighted by atomic mass is 79.9. The second-order valence-electron chi connectivity index (χ2n) is 4.22. The number of nitrogens with zero attached hydrogens (tertiary/aromatic N) is 3. The molecular formula is C13H15BrClN3. The molecule has 2 rings (SSSR count). The number of aryl methyl sites for hydroxylation is 1. The van der Waals surface area contributed by atoms with Crippen molar-refractivity contribution in [2.24, 2.45) is 7.05 Å². The molecule has 18 heavy (non-hydrogen) atoms. The predicted molar refractivity (Wildman–Crippen MR) is 79.4 cm³/mol. The molecule has 96 valence electrons. The Bertz CT molecular complexity index is 539. The van der Waals surface area contributed by atoms with E-state index in [1.54, 1.807) is 0 Å². The van der Waals surface area contributed by atoms with E-state index in [2.05, 4.69) is 31.9 Å². The minimum Gasteiger partial charge on any atom is -0.367 e. The normalized spacial score (nSPS) is 10.7. The number of rotatable bonds is 4. The van der Waals surface area contributed by atoms with E-state index in [0.717, 1.165) is 34.0 Å². The quantitative estimate of drug-likeness (QED) is 0.800. The number of anilines is 1. The summed E-state index contributed by atoms with van der Waals surface area (Å²) in [7, 11) is 4.03. The van der Waals surface area contributed by atoms with Crippen LogP contribution in [0.3, 0.4) is 0 Å². The van der Waals surface area contributed by atoms with Crippen LogP contribution in [-0.4, -0.2) is 16.6 Å². The van der Waals surface area contributed by atoms with Gasteiger partial charge >= 0.3 is 0 Å². The molecule has 2 aromatic rings. The molecule has 0 N–H and O–H groups in total. The molecule has 0 atom stereocenters. The van der Waals surface area contributed by atoms with E-state index in [0.29, 0.717) is 0 Å². The highest BCUT2D eigenvalue weighted by Gasteiger charge is 2.07. The molecule has 0 aliphatic heterocycles. The lowest BCUT2D eigenvalue weighted by Gasteiger charge is -2.19. The van der Waals surface area contributed by atoms with Crippen molar-refractivity contribution in [3.8, 4) is 0 Å². The zero-order chi connectivity index (χ0) is 13.1. The summed E-state index contributed by atoms with van der Waals surface area (Å²) in [6.45, 7) is 0.757. The Balaban J connectivity index is 2.16. The fraction of sp³-hybridized carbons (Fsp3) is 0.308. The van der Waals surface area contributed by atoms with Gasteiger partial charge in [-0.3, -0.25) is 0 Å². The van der Waals surface area contributed by atoms with Crippen molar-refractivity contribution in [3.63, 3.8) is 0 Å². The molecule has 0 amide bonds. The minimum atomic E-state index is 0.757. The predicted octanol–water partition coefficient (Wildman–Crippen LogP) is 3.60. The van der Waals surface area contributed by atoms with E-state index in [-0.39, 0.29) is 0 Å². The van der Waals surface area contributed by atoms with E-state index in [4.69, 9.17) is 11.6 Å². The molecular weight excluding hydrogens is 314 g/mol. The molecule has 1 aromatic carbocycles. The molecule has 5 heteroatoms. The minimum absolute atomic E-state index is 0.757. The van der Waals surface area contributed by atoms with Crippen molar-refractivity contribution in [2.45, 2.75) is 11.9 Å². The first kappa shape index (κ1) is 13.4. The zero-order valence-corrected chi connectivity index (χ0v) is 12.7. The van der Waals surface area contributed by atoms with Crippen LogP contribution in [0.5, 0.6) is 0 Å². The monoisotopic (exact) mass is 327 g/mol. The van der Waals surface area contributed by atoms with Crippen molar-refractivity contribution < 1.29 is 0 Å². The van der Waals surface area contributed by atoms with Gasteiger partial charge in [-0.2, -0.15) is 0 Å². The van der Waals surface area contributed by atoms with Gasteiger partial charge in [0.2, 0.25) is 0 Å². The highest BCUT2D eigenvalue weighted by molar-refractivity contribution is 9.08. The highest BCUT2D eigenvalue weighted by Crippen LogP contribution is 2.25. The van der Waals surface area contributed by atoms with Gasteiger partial charge < -0.3 is 9.47 Å². The first-order valence-electron chi connectivity index (χ1n) is 5.63. The Labute approximate surface area is 121 Å². The van der Waals surface area contributed by atoms with Gasteiger partial charge in [0, 0.05) is 42.5 Å². The Morgan fingerprint density at radius 1 is 1.44 bits per heavy atom. The van der Waals surface area contributed by atoms with Crippen molar-refractivity contribution >= 4 is 33.2 Å². The zero-order valence-electron chi connectivity index (χ0n) is 10.4. The summed E-state index contributed by atoms with van der Waals surface area (Å²) in [4.78, 5) is 6.45. The lowest BCUT2D eigenvalue weighted by Crippen LogP contribution is -2.19. The van der Waals surface area contributed by atoms with E-state index < -0.39 is 0 Å². The largest absolute Gasteiger partial charge is 0.367 e. The van der Waals surface area contributed by atoms with Gasteiger partial charge in [-0.05, 0) is 17.7 Å². The van der Waals surface area contributed by atoms with Crippen LogP contribution in [0, 0.1) is 0 Å². The number of hydrogen-bond acceptors (Lipinski definition) is 2. The SMILES string of the molecule is CN(Cc1nccn1C)c1ccc(CBr)c(Cl)c1. The molecule has 0 aliphatic rings. The van der Waals surface area contributed by atoms with E-state index in [1.165, 1.54) is 0 Å². The molecule has 3 nitrogen and oxygen atoms in total. The average molecular weight is 329 g/mol. The Hall–Kier alpha value is -1.000. The second kappa shape index (κ2) is 5.76. The summed E-state index contributed by atoms with van der Waals surface area (Å²) in [6, 6.07) is 6.11. The van der Waals surface area contributed by atoms with Gasteiger partial charge in [-0.1, -0.05) is 33.6 Å². The Morgan fingerprint density at radius 3 is 2.78 bits per heavy atom. The summed E-state index contributed by atoms with van der Waals surface area (Å²) in [5.41, 5.74) is 2.19. The molecule has 0 radical (unpaired) electrons. The maximum atomic E-state index is 6.21. The van der Waals surface area contributed by atoms with E-state index >= 15 is 0 Å². The fourth-order valence-corrected chi connectivity index (χ4v) is 2.63. The van der Waals surface area contributed by atoms with Crippen LogP contribution < -0.4 is 4.90 Å². The van der Waals surface area contributed by atoms with Crippen LogP contribution in [0.15, 0.2) is 30.6 Å². The van der Waals surface area contributed by atoms with E-state index in [9.17, 15) is 0 Å². The van der Waals surface area contributed by atoms with Crippen LogP contribution in [0.4, 0.5) is 5.69 Å². The third-order valence-electron chi connectivity index (χ3n) is 2.92. The van der Waals surface area contributed by atoms with Crippen molar-refractivity contribution in [1.82, 2.24) is 9.55 Å². The van der Waals surface area contributed by atoms with Crippen LogP contribution >= 0.6 is 27.5 Å². The summed E-state index contributed by atoms with van der Waals surface area (Å²) in [5, 5.41) is 1.56. The standard InChI is InChI=1S/C13H15BrClN3/c1-17-6-5-16-13(17)9-18(2)11-4-3-10(8-14)12(15)7-11/h3-7H,8-9H2,1-2H3.